The van der Waals surface area contributed by atoms with Gasteiger partial charge in [-0.3, -0.25) is 9.48 Å². The Bertz CT molecular complexity index is 436. The summed E-state index contributed by atoms with van der Waals surface area (Å²) in [5.74, 6) is 0.906. The summed E-state index contributed by atoms with van der Waals surface area (Å²) in [5, 5.41) is 4.37. The molecular formula is C13H25N5O. The quantitative estimate of drug-likeness (QED) is 0.830. The molecule has 1 rings (SSSR count). The first-order chi connectivity index (χ1) is 8.96. The summed E-state index contributed by atoms with van der Waals surface area (Å²) in [5.41, 5.74) is 7.62. The molecule has 0 fully saturated rings. The third-order valence-corrected chi connectivity index (χ3v) is 3.31. The van der Waals surface area contributed by atoms with E-state index in [0.717, 1.165) is 31.0 Å². The topological polar surface area (TPSA) is 67.4 Å². The molecule has 1 aromatic rings. The van der Waals surface area contributed by atoms with Crippen molar-refractivity contribution in [2.75, 3.05) is 37.3 Å². The van der Waals surface area contributed by atoms with Crippen LogP contribution in [0.25, 0.3) is 0 Å². The van der Waals surface area contributed by atoms with E-state index in [-0.39, 0.29) is 5.91 Å². The summed E-state index contributed by atoms with van der Waals surface area (Å²) in [7, 11) is 3.72. The van der Waals surface area contributed by atoms with Crippen molar-refractivity contribution in [3.63, 3.8) is 0 Å². The van der Waals surface area contributed by atoms with Crippen LogP contribution in [0.15, 0.2) is 0 Å². The van der Waals surface area contributed by atoms with Crippen LogP contribution >= 0.6 is 0 Å². The lowest BCUT2D eigenvalue weighted by atomic mass is 10.3. The first-order valence-corrected chi connectivity index (χ1v) is 6.76. The largest absolute Gasteiger partial charge is 0.394 e. The number of hydrogen-bond acceptors (Lipinski definition) is 4. The van der Waals surface area contributed by atoms with Gasteiger partial charge in [-0.25, -0.2) is 0 Å². The van der Waals surface area contributed by atoms with Crippen molar-refractivity contribution in [2.45, 2.75) is 27.2 Å². The molecule has 108 valence electrons. The third kappa shape index (κ3) is 3.19. The number of aryl methyl sites for hydroxylation is 2. The number of carbonyl (C=O) groups excluding carboxylic acids is 1. The van der Waals surface area contributed by atoms with Crippen molar-refractivity contribution < 1.29 is 4.79 Å². The van der Waals surface area contributed by atoms with Crippen LogP contribution in [0.2, 0.25) is 0 Å². The molecule has 0 aromatic carbocycles. The normalized spacial score (nSPS) is 10.6. The van der Waals surface area contributed by atoms with Crippen LogP contribution in [-0.2, 0) is 18.3 Å². The second-order valence-corrected chi connectivity index (χ2v) is 4.58. The van der Waals surface area contributed by atoms with Gasteiger partial charge in [0.1, 0.15) is 0 Å². The molecule has 0 radical (unpaired) electrons. The molecule has 1 heterocycles. The minimum atomic E-state index is 0.103. The lowest BCUT2D eigenvalue weighted by Gasteiger charge is -2.24. The minimum Gasteiger partial charge on any atom is -0.394 e. The Balaban J connectivity index is 2.86. The predicted molar refractivity (Wildman–Crippen MR) is 78.2 cm³/mol. The molecule has 6 heteroatoms. The number of aromatic nitrogens is 2. The fourth-order valence-corrected chi connectivity index (χ4v) is 2.25. The molecule has 2 N–H and O–H groups in total. The number of carbonyl (C=O) groups is 1. The van der Waals surface area contributed by atoms with Gasteiger partial charge < -0.3 is 15.5 Å². The Kier molecular flexibility index (Phi) is 5.20. The van der Waals surface area contributed by atoms with Crippen molar-refractivity contribution in [3.8, 4) is 0 Å². The maximum absolute atomic E-state index is 12.1. The van der Waals surface area contributed by atoms with Crippen molar-refractivity contribution in [2.24, 2.45) is 7.05 Å². The van der Waals surface area contributed by atoms with E-state index >= 15 is 0 Å². The van der Waals surface area contributed by atoms with E-state index in [1.54, 1.807) is 4.68 Å². The molecule has 0 aliphatic carbocycles. The fraction of sp³-hybridized carbons (Fsp3) is 0.692. The van der Waals surface area contributed by atoms with Crippen LogP contribution in [-0.4, -0.2) is 47.3 Å². The molecule has 6 nitrogen and oxygen atoms in total. The maximum atomic E-state index is 12.1. The van der Waals surface area contributed by atoms with E-state index in [2.05, 4.69) is 5.10 Å². The van der Waals surface area contributed by atoms with Crippen molar-refractivity contribution in [3.05, 3.63) is 5.69 Å². The van der Waals surface area contributed by atoms with Gasteiger partial charge in [-0.05, 0) is 20.3 Å². The van der Waals surface area contributed by atoms with E-state index < -0.39 is 0 Å². The minimum absolute atomic E-state index is 0.103. The van der Waals surface area contributed by atoms with Gasteiger partial charge in [0.25, 0.3) is 0 Å². The monoisotopic (exact) mass is 267 g/mol. The number of rotatable bonds is 6. The summed E-state index contributed by atoms with van der Waals surface area (Å²) in [6, 6.07) is 0. The van der Waals surface area contributed by atoms with Gasteiger partial charge in [-0.15, -0.1) is 0 Å². The molecule has 0 unspecified atom stereocenters. The molecular weight excluding hydrogens is 242 g/mol. The van der Waals surface area contributed by atoms with Gasteiger partial charge in [0.15, 0.2) is 5.82 Å². The molecule has 1 amide bonds. The Labute approximate surface area is 115 Å². The summed E-state index contributed by atoms with van der Waals surface area (Å²) >= 11 is 0. The summed E-state index contributed by atoms with van der Waals surface area (Å²) < 4.78 is 1.74. The van der Waals surface area contributed by atoms with Gasteiger partial charge in [-0.2, -0.15) is 5.10 Å². The smallest absolute Gasteiger partial charge is 0.242 e. The van der Waals surface area contributed by atoms with E-state index in [4.69, 9.17) is 5.73 Å². The average molecular weight is 267 g/mol. The highest BCUT2D eigenvalue weighted by molar-refractivity contribution is 5.82. The molecule has 0 atom stereocenters. The molecule has 0 saturated carbocycles. The number of amides is 1. The zero-order chi connectivity index (χ0) is 14.6. The van der Waals surface area contributed by atoms with Crippen molar-refractivity contribution >= 4 is 17.4 Å². The van der Waals surface area contributed by atoms with Crippen LogP contribution in [0.4, 0.5) is 11.5 Å². The first kappa shape index (κ1) is 15.3. The zero-order valence-electron chi connectivity index (χ0n) is 12.6. The highest BCUT2D eigenvalue weighted by Gasteiger charge is 2.19. The highest BCUT2D eigenvalue weighted by Crippen LogP contribution is 2.25. The second kappa shape index (κ2) is 6.45. The molecule has 19 heavy (non-hydrogen) atoms. The van der Waals surface area contributed by atoms with Crippen LogP contribution < -0.4 is 10.6 Å². The molecule has 0 spiro atoms. The van der Waals surface area contributed by atoms with Crippen LogP contribution in [0.1, 0.15) is 26.5 Å². The Morgan fingerprint density at radius 3 is 2.32 bits per heavy atom. The third-order valence-electron chi connectivity index (χ3n) is 3.31. The lowest BCUT2D eigenvalue weighted by Crippen LogP contribution is -2.39. The lowest BCUT2D eigenvalue weighted by molar-refractivity contribution is -0.129. The van der Waals surface area contributed by atoms with Gasteiger partial charge >= 0.3 is 0 Å². The van der Waals surface area contributed by atoms with Crippen LogP contribution in [0.3, 0.4) is 0 Å². The van der Waals surface area contributed by atoms with Gasteiger partial charge in [-0.1, -0.05) is 6.92 Å². The SMILES string of the molecule is CCc1nn(C)c(N(C)CC(=O)N(CC)CC)c1N. The van der Waals surface area contributed by atoms with Gasteiger partial charge in [0.05, 0.1) is 17.9 Å². The molecule has 1 aromatic heterocycles. The van der Waals surface area contributed by atoms with E-state index in [1.807, 2.05) is 44.7 Å². The first-order valence-electron chi connectivity index (χ1n) is 6.76. The Morgan fingerprint density at radius 1 is 1.32 bits per heavy atom. The van der Waals surface area contributed by atoms with Gasteiger partial charge in [0, 0.05) is 27.2 Å². The summed E-state index contributed by atoms with van der Waals surface area (Å²) in [6.07, 6.45) is 0.789. The molecule has 0 bridgehead atoms. The molecule has 0 saturated heterocycles. The predicted octanol–water partition coefficient (Wildman–Crippen LogP) is 0.869. The molecule has 0 aliphatic heterocycles. The van der Waals surface area contributed by atoms with E-state index in [0.29, 0.717) is 12.2 Å². The number of nitrogen functional groups attached to an aromatic ring is 1. The average Bonchev–Trinajstić information content (AvgIpc) is 2.65. The maximum Gasteiger partial charge on any atom is 0.242 e. The van der Waals surface area contributed by atoms with E-state index in [1.165, 1.54) is 0 Å². The number of anilines is 2. The van der Waals surface area contributed by atoms with Crippen molar-refractivity contribution in [1.29, 1.82) is 0 Å². The van der Waals surface area contributed by atoms with Gasteiger partial charge in [0.2, 0.25) is 5.91 Å². The molecule has 0 aliphatic rings. The van der Waals surface area contributed by atoms with Crippen molar-refractivity contribution in [1.82, 2.24) is 14.7 Å². The number of hydrogen-bond donors (Lipinski definition) is 1. The summed E-state index contributed by atoms with van der Waals surface area (Å²) in [4.78, 5) is 15.8. The highest BCUT2D eigenvalue weighted by atomic mass is 16.2. The van der Waals surface area contributed by atoms with E-state index in [9.17, 15) is 4.79 Å². The second-order valence-electron chi connectivity index (χ2n) is 4.58. The number of likely N-dealkylation sites (N-methyl/N-ethyl adjacent to an activating group) is 2. The van der Waals surface area contributed by atoms with Crippen LogP contribution in [0.5, 0.6) is 0 Å². The van der Waals surface area contributed by atoms with Crippen LogP contribution in [0, 0.1) is 0 Å². The number of nitrogens with two attached hydrogens (primary N) is 1. The zero-order valence-corrected chi connectivity index (χ0v) is 12.6. The summed E-state index contributed by atoms with van der Waals surface area (Å²) in [6.45, 7) is 7.75. The Morgan fingerprint density at radius 2 is 1.89 bits per heavy atom. The standard InChI is InChI=1S/C13H25N5O/c1-6-10-12(14)13(17(5)15-10)16(4)9-11(19)18(7-2)8-3/h6-9,14H2,1-5H3. The Hall–Kier alpha value is -1.72. The fourth-order valence-electron chi connectivity index (χ4n) is 2.25. The number of nitrogens with zero attached hydrogens (tertiary/aromatic N) is 4.